The van der Waals surface area contributed by atoms with Gasteiger partial charge in [0, 0.05) is 12.2 Å². The number of aryl methyl sites for hydroxylation is 1. The number of aromatic nitrogens is 3. The molecule has 0 saturated carbocycles. The zero-order chi connectivity index (χ0) is 18.2. The molecule has 0 amide bonds. The van der Waals surface area contributed by atoms with E-state index in [1.165, 1.54) is 17.3 Å². The van der Waals surface area contributed by atoms with E-state index in [0.717, 1.165) is 17.7 Å². The predicted octanol–water partition coefficient (Wildman–Crippen LogP) is 3.49. The average Bonchev–Trinajstić information content (AvgIpc) is 2.68. The molecule has 0 bridgehead atoms. The Labute approximate surface area is 156 Å². The van der Waals surface area contributed by atoms with Crippen molar-refractivity contribution in [3.63, 3.8) is 0 Å². The second-order valence-corrected chi connectivity index (χ2v) is 6.85. The highest BCUT2D eigenvalue weighted by molar-refractivity contribution is 7.99. The minimum atomic E-state index is -0.192. The lowest BCUT2D eigenvalue weighted by Gasteiger charge is -2.06. The van der Waals surface area contributed by atoms with Crippen molar-refractivity contribution < 1.29 is 4.74 Å². The van der Waals surface area contributed by atoms with Gasteiger partial charge in [0.15, 0.2) is 5.16 Å². The minimum absolute atomic E-state index is 0.192. The van der Waals surface area contributed by atoms with Gasteiger partial charge in [0.25, 0.3) is 5.56 Å². The lowest BCUT2D eigenvalue weighted by molar-refractivity contribution is 0.343. The van der Waals surface area contributed by atoms with Crippen LogP contribution in [0.15, 0.2) is 64.5 Å². The van der Waals surface area contributed by atoms with Gasteiger partial charge in [-0.15, -0.1) is 10.2 Å². The van der Waals surface area contributed by atoms with Crippen LogP contribution in [-0.4, -0.2) is 27.5 Å². The SMILES string of the molecule is CCc1ccc(OCCSc2nnc(Cc3ccccc3)c(=O)[nH]2)cc1. The van der Waals surface area contributed by atoms with Crippen molar-refractivity contribution in [3.05, 3.63) is 81.8 Å². The normalized spacial score (nSPS) is 10.7. The van der Waals surface area contributed by atoms with Gasteiger partial charge in [-0.2, -0.15) is 0 Å². The van der Waals surface area contributed by atoms with E-state index in [1.807, 2.05) is 42.5 Å². The number of benzene rings is 2. The Morgan fingerprint density at radius 3 is 2.46 bits per heavy atom. The maximum Gasteiger partial charge on any atom is 0.273 e. The highest BCUT2D eigenvalue weighted by atomic mass is 32.2. The van der Waals surface area contributed by atoms with Gasteiger partial charge in [-0.1, -0.05) is 61.2 Å². The van der Waals surface area contributed by atoms with Gasteiger partial charge >= 0.3 is 0 Å². The number of thioether (sulfide) groups is 1. The summed E-state index contributed by atoms with van der Waals surface area (Å²) in [6, 6.07) is 17.8. The molecule has 134 valence electrons. The summed E-state index contributed by atoms with van der Waals surface area (Å²) in [5, 5.41) is 8.69. The van der Waals surface area contributed by atoms with Crippen molar-refractivity contribution >= 4 is 11.8 Å². The molecule has 0 fully saturated rings. The molecule has 0 aliphatic rings. The van der Waals surface area contributed by atoms with E-state index < -0.39 is 0 Å². The van der Waals surface area contributed by atoms with Gasteiger partial charge in [-0.25, -0.2) is 0 Å². The molecule has 0 radical (unpaired) electrons. The first kappa shape index (κ1) is 18.2. The summed E-state index contributed by atoms with van der Waals surface area (Å²) in [4.78, 5) is 14.9. The molecule has 0 aliphatic carbocycles. The Balaban J connectivity index is 1.49. The summed E-state index contributed by atoms with van der Waals surface area (Å²) in [5.41, 5.74) is 2.56. The van der Waals surface area contributed by atoms with Gasteiger partial charge in [0.2, 0.25) is 0 Å². The van der Waals surface area contributed by atoms with E-state index >= 15 is 0 Å². The van der Waals surface area contributed by atoms with E-state index in [9.17, 15) is 4.79 Å². The molecule has 1 N–H and O–H groups in total. The van der Waals surface area contributed by atoms with Crippen LogP contribution in [0.3, 0.4) is 0 Å². The summed E-state index contributed by atoms with van der Waals surface area (Å²) in [6.07, 6.45) is 1.49. The van der Waals surface area contributed by atoms with Crippen molar-refractivity contribution in [2.45, 2.75) is 24.9 Å². The Morgan fingerprint density at radius 2 is 1.77 bits per heavy atom. The Bertz CT molecular complexity index is 880. The lowest BCUT2D eigenvalue weighted by atomic mass is 10.1. The van der Waals surface area contributed by atoms with Gasteiger partial charge in [-0.3, -0.25) is 9.78 Å². The van der Waals surface area contributed by atoms with Crippen molar-refractivity contribution in [1.82, 2.24) is 15.2 Å². The van der Waals surface area contributed by atoms with Crippen LogP contribution in [-0.2, 0) is 12.8 Å². The zero-order valence-corrected chi connectivity index (χ0v) is 15.5. The van der Waals surface area contributed by atoms with Crippen LogP contribution < -0.4 is 10.3 Å². The Morgan fingerprint density at radius 1 is 1.00 bits per heavy atom. The third-order valence-corrected chi connectivity index (χ3v) is 4.71. The molecule has 5 nitrogen and oxygen atoms in total. The zero-order valence-electron chi connectivity index (χ0n) is 14.6. The van der Waals surface area contributed by atoms with Crippen LogP contribution in [0, 0.1) is 0 Å². The third-order valence-electron chi connectivity index (χ3n) is 3.88. The van der Waals surface area contributed by atoms with Gasteiger partial charge in [0.1, 0.15) is 11.4 Å². The Hall–Kier alpha value is -2.60. The lowest BCUT2D eigenvalue weighted by Crippen LogP contribution is -2.18. The van der Waals surface area contributed by atoms with E-state index in [1.54, 1.807) is 0 Å². The fourth-order valence-electron chi connectivity index (χ4n) is 2.43. The maximum absolute atomic E-state index is 12.2. The molecule has 0 aliphatic heterocycles. The highest BCUT2D eigenvalue weighted by Gasteiger charge is 2.06. The molecular weight excluding hydrogens is 346 g/mol. The van der Waals surface area contributed by atoms with Crippen LogP contribution in [0.1, 0.15) is 23.7 Å². The monoisotopic (exact) mass is 367 g/mol. The first-order chi connectivity index (χ1) is 12.7. The van der Waals surface area contributed by atoms with E-state index in [0.29, 0.717) is 29.6 Å². The van der Waals surface area contributed by atoms with Crippen LogP contribution >= 0.6 is 11.8 Å². The smallest absolute Gasteiger partial charge is 0.273 e. The summed E-state index contributed by atoms with van der Waals surface area (Å²) in [7, 11) is 0. The molecule has 3 rings (SSSR count). The number of ether oxygens (including phenoxy) is 1. The molecule has 0 atom stereocenters. The van der Waals surface area contributed by atoms with Crippen molar-refractivity contribution in [3.8, 4) is 5.75 Å². The average molecular weight is 367 g/mol. The maximum atomic E-state index is 12.2. The molecule has 0 unspecified atom stereocenters. The number of rotatable bonds is 8. The van der Waals surface area contributed by atoms with Gasteiger partial charge in [0.05, 0.1) is 6.61 Å². The molecule has 0 saturated heterocycles. The molecule has 2 aromatic carbocycles. The fourth-order valence-corrected chi connectivity index (χ4v) is 3.06. The number of hydrogen-bond acceptors (Lipinski definition) is 5. The third kappa shape index (κ3) is 5.20. The van der Waals surface area contributed by atoms with Crippen molar-refractivity contribution in [1.29, 1.82) is 0 Å². The molecule has 6 heteroatoms. The highest BCUT2D eigenvalue weighted by Crippen LogP contribution is 2.14. The molecule has 26 heavy (non-hydrogen) atoms. The second kappa shape index (κ2) is 9.20. The number of nitrogens with zero attached hydrogens (tertiary/aromatic N) is 2. The molecule has 0 spiro atoms. The first-order valence-corrected chi connectivity index (χ1v) is 9.57. The minimum Gasteiger partial charge on any atom is -0.493 e. The van der Waals surface area contributed by atoms with Crippen LogP contribution in [0.2, 0.25) is 0 Å². The molecular formula is C20H21N3O2S. The van der Waals surface area contributed by atoms with E-state index in [2.05, 4.69) is 34.2 Å². The number of hydrogen-bond donors (Lipinski definition) is 1. The van der Waals surface area contributed by atoms with E-state index in [-0.39, 0.29) is 5.56 Å². The molecule has 1 heterocycles. The van der Waals surface area contributed by atoms with Crippen LogP contribution in [0.5, 0.6) is 5.75 Å². The molecule has 1 aromatic heterocycles. The van der Waals surface area contributed by atoms with Crippen LogP contribution in [0.25, 0.3) is 0 Å². The Kier molecular flexibility index (Phi) is 6.44. The first-order valence-electron chi connectivity index (χ1n) is 8.59. The fraction of sp³-hybridized carbons (Fsp3) is 0.250. The predicted molar refractivity (Wildman–Crippen MR) is 104 cm³/mol. The number of aromatic amines is 1. The summed E-state index contributed by atoms with van der Waals surface area (Å²) in [6.45, 7) is 2.66. The van der Waals surface area contributed by atoms with Crippen molar-refractivity contribution in [2.24, 2.45) is 0 Å². The summed E-state index contributed by atoms with van der Waals surface area (Å²) < 4.78 is 5.70. The largest absolute Gasteiger partial charge is 0.493 e. The van der Waals surface area contributed by atoms with Gasteiger partial charge in [-0.05, 0) is 29.7 Å². The summed E-state index contributed by atoms with van der Waals surface area (Å²) in [5.74, 6) is 1.53. The van der Waals surface area contributed by atoms with Crippen LogP contribution in [0.4, 0.5) is 0 Å². The van der Waals surface area contributed by atoms with Crippen molar-refractivity contribution in [2.75, 3.05) is 12.4 Å². The van der Waals surface area contributed by atoms with Gasteiger partial charge < -0.3 is 4.74 Å². The summed E-state index contributed by atoms with van der Waals surface area (Å²) >= 11 is 1.42. The number of nitrogens with one attached hydrogen (secondary N) is 1. The molecule has 3 aromatic rings. The van der Waals surface area contributed by atoms with E-state index in [4.69, 9.17) is 4.74 Å². The quantitative estimate of drug-likeness (QED) is 0.488. The standard InChI is InChI=1S/C20H21N3O2S/c1-2-15-8-10-17(11-9-15)25-12-13-26-20-21-19(24)18(22-23-20)14-16-6-4-3-5-7-16/h3-11H,2,12-14H2,1H3,(H,21,23,24). The number of H-pyrrole nitrogens is 1. The topological polar surface area (TPSA) is 67.9 Å². The second-order valence-electron chi connectivity index (χ2n) is 5.76.